The predicted octanol–water partition coefficient (Wildman–Crippen LogP) is 1.96. The van der Waals surface area contributed by atoms with Crippen molar-refractivity contribution in [2.45, 2.75) is 45.8 Å². The molecular formula is C20H34Cl2N4O2. The van der Waals surface area contributed by atoms with Gasteiger partial charge in [-0.2, -0.15) is 0 Å². The molecule has 0 bridgehead atoms. The van der Waals surface area contributed by atoms with E-state index in [1.54, 1.807) is 0 Å². The van der Waals surface area contributed by atoms with Gasteiger partial charge in [0, 0.05) is 25.7 Å². The number of carbonyl (C=O) groups is 2. The van der Waals surface area contributed by atoms with Gasteiger partial charge in [0.1, 0.15) is 0 Å². The van der Waals surface area contributed by atoms with E-state index in [1.807, 2.05) is 19.9 Å². The molecule has 1 aromatic rings. The number of carbonyl (C=O) groups excluding carboxylic acids is 2. The van der Waals surface area contributed by atoms with Gasteiger partial charge in [0.2, 0.25) is 11.8 Å². The Bertz CT molecular complexity index is 601. The second-order valence-corrected chi connectivity index (χ2v) is 7.65. The molecule has 1 aliphatic rings. The van der Waals surface area contributed by atoms with Crippen molar-refractivity contribution in [3.8, 4) is 0 Å². The Kier molecular flexibility index (Phi) is 12.4. The van der Waals surface area contributed by atoms with Crippen LogP contribution in [-0.2, 0) is 16.1 Å². The normalized spacial score (nSPS) is 20.5. The minimum Gasteiger partial charge on any atom is -0.351 e. The Morgan fingerprint density at radius 1 is 1.21 bits per heavy atom. The molecule has 28 heavy (non-hydrogen) atoms. The molecule has 0 saturated carbocycles. The number of nitrogens with zero attached hydrogens (tertiary/aromatic N) is 1. The van der Waals surface area contributed by atoms with Gasteiger partial charge in [-0.05, 0) is 23.8 Å². The molecule has 6 nitrogen and oxygen atoms in total. The first-order valence-electron chi connectivity index (χ1n) is 9.45. The molecule has 4 N–H and O–H groups in total. The highest BCUT2D eigenvalue weighted by Crippen LogP contribution is 2.18. The molecule has 8 heteroatoms. The lowest BCUT2D eigenvalue weighted by molar-refractivity contribution is -0.128. The Hall–Kier alpha value is -1.34. The van der Waals surface area contributed by atoms with Crippen molar-refractivity contribution in [1.29, 1.82) is 0 Å². The molecule has 2 unspecified atom stereocenters. The fourth-order valence-electron chi connectivity index (χ4n) is 3.28. The van der Waals surface area contributed by atoms with Crippen molar-refractivity contribution in [2.75, 3.05) is 19.6 Å². The highest BCUT2D eigenvalue weighted by molar-refractivity contribution is 5.87. The van der Waals surface area contributed by atoms with E-state index in [9.17, 15) is 9.59 Å². The standard InChI is InChI=1S/C20H32N4O2.2ClH/c1-14(2)19(21)20(26)22-11-18(25)23-17-9-10-24(12-15(17)3)13-16-7-5-4-6-8-16;;/h4-8,14-15,17,19H,9-13,21H2,1-3H3,(H,22,26)(H,23,25);2*1H/t15?,17?,19-;;/m0../s1. The topological polar surface area (TPSA) is 87.5 Å². The molecule has 0 aromatic heterocycles. The van der Waals surface area contributed by atoms with Crippen LogP contribution < -0.4 is 16.4 Å². The highest BCUT2D eigenvalue weighted by atomic mass is 35.5. The van der Waals surface area contributed by atoms with Crippen molar-refractivity contribution in [3.63, 3.8) is 0 Å². The molecule has 3 atom stereocenters. The number of rotatable bonds is 7. The van der Waals surface area contributed by atoms with Crippen LogP contribution in [0.2, 0.25) is 0 Å². The fraction of sp³-hybridized carbons (Fsp3) is 0.600. The van der Waals surface area contributed by atoms with Gasteiger partial charge >= 0.3 is 0 Å². The molecule has 2 amide bonds. The largest absolute Gasteiger partial charge is 0.351 e. The molecule has 1 heterocycles. The summed E-state index contributed by atoms with van der Waals surface area (Å²) in [5.74, 6) is -0.0133. The lowest BCUT2D eigenvalue weighted by Gasteiger charge is -2.37. The summed E-state index contributed by atoms with van der Waals surface area (Å²) >= 11 is 0. The Morgan fingerprint density at radius 2 is 1.86 bits per heavy atom. The average molecular weight is 433 g/mol. The number of nitrogens with one attached hydrogen (secondary N) is 2. The van der Waals surface area contributed by atoms with E-state index in [4.69, 9.17) is 5.73 Å². The van der Waals surface area contributed by atoms with Crippen molar-refractivity contribution in [3.05, 3.63) is 35.9 Å². The number of benzene rings is 1. The second-order valence-electron chi connectivity index (χ2n) is 7.65. The summed E-state index contributed by atoms with van der Waals surface area (Å²) in [6.07, 6.45) is 0.916. The summed E-state index contributed by atoms with van der Waals surface area (Å²) in [7, 11) is 0. The monoisotopic (exact) mass is 432 g/mol. The zero-order valence-corrected chi connectivity index (χ0v) is 18.5. The minimum atomic E-state index is -0.581. The summed E-state index contributed by atoms with van der Waals surface area (Å²) in [6.45, 7) is 8.75. The van der Waals surface area contributed by atoms with E-state index in [2.05, 4.69) is 46.7 Å². The average Bonchev–Trinajstić information content (AvgIpc) is 2.62. The van der Waals surface area contributed by atoms with Gasteiger partial charge in [-0.3, -0.25) is 14.5 Å². The molecule has 0 aliphatic carbocycles. The van der Waals surface area contributed by atoms with Crippen molar-refractivity contribution in [1.82, 2.24) is 15.5 Å². The van der Waals surface area contributed by atoms with Crippen LogP contribution >= 0.6 is 24.8 Å². The number of amides is 2. The van der Waals surface area contributed by atoms with E-state index in [1.165, 1.54) is 5.56 Å². The molecule has 1 fully saturated rings. The highest BCUT2D eigenvalue weighted by Gasteiger charge is 2.27. The van der Waals surface area contributed by atoms with Crippen molar-refractivity contribution in [2.24, 2.45) is 17.6 Å². The van der Waals surface area contributed by atoms with Crippen molar-refractivity contribution < 1.29 is 9.59 Å². The molecular weight excluding hydrogens is 399 g/mol. The van der Waals surface area contributed by atoms with Crippen LogP contribution in [0.15, 0.2) is 30.3 Å². The SMILES string of the molecule is CC1CN(Cc2ccccc2)CCC1NC(=O)CNC(=O)[C@@H](N)C(C)C.Cl.Cl. The molecule has 0 radical (unpaired) electrons. The van der Waals surface area contributed by atoms with Crippen LogP contribution in [0.3, 0.4) is 0 Å². The number of likely N-dealkylation sites (tertiary alicyclic amines) is 1. The maximum atomic E-state index is 12.1. The lowest BCUT2D eigenvalue weighted by Crippen LogP contribution is -2.52. The minimum absolute atomic E-state index is 0. The van der Waals surface area contributed by atoms with Gasteiger partial charge in [-0.15, -0.1) is 24.8 Å². The third-order valence-electron chi connectivity index (χ3n) is 5.03. The number of nitrogens with two attached hydrogens (primary N) is 1. The zero-order chi connectivity index (χ0) is 19.1. The quantitative estimate of drug-likeness (QED) is 0.614. The second kappa shape index (κ2) is 13.0. The van der Waals surface area contributed by atoms with Gasteiger partial charge in [-0.1, -0.05) is 51.1 Å². The molecule has 1 saturated heterocycles. The lowest BCUT2D eigenvalue weighted by atomic mass is 9.93. The fourth-order valence-corrected chi connectivity index (χ4v) is 3.28. The van der Waals surface area contributed by atoms with Crippen LogP contribution in [0.25, 0.3) is 0 Å². The van der Waals surface area contributed by atoms with E-state index >= 15 is 0 Å². The van der Waals surface area contributed by atoms with Gasteiger partial charge in [-0.25, -0.2) is 0 Å². The van der Waals surface area contributed by atoms with Crippen LogP contribution in [0.4, 0.5) is 0 Å². The first-order valence-corrected chi connectivity index (χ1v) is 9.45. The van der Waals surface area contributed by atoms with Crippen LogP contribution in [-0.4, -0.2) is 48.4 Å². The third-order valence-corrected chi connectivity index (χ3v) is 5.03. The van der Waals surface area contributed by atoms with E-state index in [0.717, 1.165) is 26.1 Å². The maximum absolute atomic E-state index is 12.1. The number of piperidine rings is 1. The summed E-state index contributed by atoms with van der Waals surface area (Å²) in [4.78, 5) is 26.4. The Morgan fingerprint density at radius 3 is 2.43 bits per heavy atom. The predicted molar refractivity (Wildman–Crippen MR) is 118 cm³/mol. The molecule has 1 aliphatic heterocycles. The van der Waals surface area contributed by atoms with Gasteiger partial charge in [0.25, 0.3) is 0 Å². The van der Waals surface area contributed by atoms with Gasteiger partial charge in [0.15, 0.2) is 0 Å². The number of hydrogen-bond acceptors (Lipinski definition) is 4. The molecule has 1 aromatic carbocycles. The first-order chi connectivity index (χ1) is 12.4. The van der Waals surface area contributed by atoms with Crippen LogP contribution in [0.1, 0.15) is 32.8 Å². The van der Waals surface area contributed by atoms with Crippen LogP contribution in [0, 0.1) is 11.8 Å². The van der Waals surface area contributed by atoms with E-state index in [-0.39, 0.29) is 55.1 Å². The third kappa shape index (κ3) is 8.35. The molecule has 0 spiro atoms. The number of hydrogen-bond donors (Lipinski definition) is 3. The Balaban J connectivity index is 0.00000364. The summed E-state index contributed by atoms with van der Waals surface area (Å²) < 4.78 is 0. The molecule has 160 valence electrons. The maximum Gasteiger partial charge on any atom is 0.239 e. The zero-order valence-electron chi connectivity index (χ0n) is 16.9. The Labute approximate surface area is 180 Å². The van der Waals surface area contributed by atoms with Crippen molar-refractivity contribution >= 4 is 36.6 Å². The van der Waals surface area contributed by atoms with Gasteiger partial charge in [0.05, 0.1) is 12.6 Å². The number of halogens is 2. The smallest absolute Gasteiger partial charge is 0.239 e. The molecule has 2 rings (SSSR count). The summed E-state index contributed by atoms with van der Waals surface area (Å²) in [6, 6.07) is 10.00. The summed E-state index contributed by atoms with van der Waals surface area (Å²) in [5, 5.41) is 5.68. The van der Waals surface area contributed by atoms with Crippen LogP contribution in [0.5, 0.6) is 0 Å². The van der Waals surface area contributed by atoms with Gasteiger partial charge < -0.3 is 16.4 Å². The van der Waals surface area contributed by atoms with E-state index in [0.29, 0.717) is 5.92 Å². The van der Waals surface area contributed by atoms with E-state index < -0.39 is 6.04 Å². The first kappa shape index (κ1) is 26.7. The summed E-state index contributed by atoms with van der Waals surface area (Å²) in [5.41, 5.74) is 7.09.